The first kappa shape index (κ1) is 27.6. The van der Waals surface area contributed by atoms with Crippen molar-refractivity contribution >= 4 is 23.6 Å². The fourth-order valence-electron chi connectivity index (χ4n) is 5.20. The van der Waals surface area contributed by atoms with Gasteiger partial charge in [-0.25, -0.2) is 0 Å². The van der Waals surface area contributed by atoms with E-state index in [4.69, 9.17) is 11.5 Å². The van der Waals surface area contributed by atoms with Crippen molar-refractivity contribution in [1.82, 2.24) is 15.1 Å². The van der Waals surface area contributed by atoms with Crippen molar-refractivity contribution in [3.05, 3.63) is 35.9 Å². The third kappa shape index (κ3) is 5.53. The van der Waals surface area contributed by atoms with Crippen LogP contribution >= 0.6 is 0 Å². The summed E-state index contributed by atoms with van der Waals surface area (Å²) in [4.78, 5) is 55.4. The summed E-state index contributed by atoms with van der Waals surface area (Å²) < 4.78 is 0. The number of carbonyl (C=O) groups is 4. The van der Waals surface area contributed by atoms with Crippen LogP contribution in [0.4, 0.5) is 0 Å². The van der Waals surface area contributed by atoms with E-state index in [9.17, 15) is 29.4 Å². The molecule has 0 spiro atoms. The van der Waals surface area contributed by atoms with Crippen LogP contribution in [0.25, 0.3) is 0 Å². The molecule has 6 atom stereocenters. The molecule has 0 aliphatic carbocycles. The van der Waals surface area contributed by atoms with Gasteiger partial charge in [0.25, 0.3) is 0 Å². The lowest BCUT2D eigenvalue weighted by molar-refractivity contribution is -0.152. The minimum Gasteiger partial charge on any atom is -0.391 e. The number of aliphatic hydroxyl groups is 2. The molecular formula is C25H37N5O6. The fourth-order valence-corrected chi connectivity index (χ4v) is 5.20. The van der Waals surface area contributed by atoms with Crippen LogP contribution in [0.5, 0.6) is 0 Å². The van der Waals surface area contributed by atoms with Crippen molar-refractivity contribution in [1.29, 1.82) is 0 Å². The number of rotatable bonds is 9. The van der Waals surface area contributed by atoms with Gasteiger partial charge in [0.2, 0.25) is 23.6 Å². The van der Waals surface area contributed by atoms with Crippen LogP contribution in [-0.2, 0) is 25.6 Å². The Morgan fingerprint density at radius 1 is 1.08 bits per heavy atom. The first-order chi connectivity index (χ1) is 17.0. The second kappa shape index (κ2) is 11.4. The van der Waals surface area contributed by atoms with E-state index in [1.807, 2.05) is 30.3 Å². The van der Waals surface area contributed by atoms with Crippen LogP contribution in [0.2, 0.25) is 0 Å². The number of hydrogen-bond donors (Lipinski definition) is 5. The van der Waals surface area contributed by atoms with Gasteiger partial charge < -0.3 is 36.8 Å². The topological polar surface area (TPSA) is 179 Å². The summed E-state index contributed by atoms with van der Waals surface area (Å²) in [6, 6.07) is 5.92. The van der Waals surface area contributed by atoms with Crippen LogP contribution < -0.4 is 16.8 Å². The lowest BCUT2D eigenvalue weighted by atomic mass is 9.86. The molecule has 0 saturated carbocycles. The number of carbonyl (C=O) groups excluding carboxylic acids is 4. The van der Waals surface area contributed by atoms with Gasteiger partial charge in [0.05, 0.1) is 12.2 Å². The average Bonchev–Trinajstić information content (AvgIpc) is 3.49. The molecule has 11 nitrogen and oxygen atoms in total. The number of aliphatic hydroxyl groups excluding tert-OH is 2. The van der Waals surface area contributed by atoms with Gasteiger partial charge in [-0.2, -0.15) is 0 Å². The predicted octanol–water partition coefficient (Wildman–Crippen LogP) is -1.36. The quantitative estimate of drug-likeness (QED) is 0.276. The molecule has 36 heavy (non-hydrogen) atoms. The normalized spacial score (nSPS) is 25.2. The van der Waals surface area contributed by atoms with Crippen molar-refractivity contribution < 1.29 is 29.4 Å². The predicted molar refractivity (Wildman–Crippen MR) is 131 cm³/mol. The van der Waals surface area contributed by atoms with E-state index in [1.165, 1.54) is 23.6 Å². The summed E-state index contributed by atoms with van der Waals surface area (Å²) in [5, 5.41) is 22.4. The summed E-state index contributed by atoms with van der Waals surface area (Å²) in [5.74, 6) is -2.36. The Labute approximate surface area is 210 Å². The smallest absolute Gasteiger partial charge is 0.247 e. The summed E-state index contributed by atoms with van der Waals surface area (Å²) in [6.07, 6.45) is -0.246. The number of benzene rings is 1. The molecule has 7 N–H and O–H groups in total. The van der Waals surface area contributed by atoms with Crippen LogP contribution in [0.15, 0.2) is 30.3 Å². The van der Waals surface area contributed by atoms with Gasteiger partial charge in [0, 0.05) is 19.5 Å². The molecule has 0 aromatic heterocycles. The monoisotopic (exact) mass is 503 g/mol. The van der Waals surface area contributed by atoms with Crippen molar-refractivity contribution in [2.75, 3.05) is 13.1 Å². The molecule has 0 radical (unpaired) electrons. The first-order valence-corrected chi connectivity index (χ1v) is 12.4. The summed E-state index contributed by atoms with van der Waals surface area (Å²) in [7, 11) is 0. The van der Waals surface area contributed by atoms with Crippen molar-refractivity contribution in [3.63, 3.8) is 0 Å². The Hall–Kier alpha value is -3.02. The molecule has 2 aliphatic heterocycles. The minimum atomic E-state index is -1.34. The molecule has 0 unspecified atom stereocenters. The molecule has 11 heteroatoms. The number of primary amides is 1. The third-order valence-corrected chi connectivity index (χ3v) is 7.22. The van der Waals surface area contributed by atoms with E-state index in [0.717, 1.165) is 5.56 Å². The van der Waals surface area contributed by atoms with Gasteiger partial charge in [0.15, 0.2) is 0 Å². The van der Waals surface area contributed by atoms with E-state index in [0.29, 0.717) is 32.2 Å². The van der Waals surface area contributed by atoms with Gasteiger partial charge >= 0.3 is 0 Å². The fraction of sp³-hybridized carbons (Fsp3) is 0.600. The zero-order chi connectivity index (χ0) is 26.6. The maximum Gasteiger partial charge on any atom is 0.247 e. The Morgan fingerprint density at radius 3 is 2.33 bits per heavy atom. The zero-order valence-electron chi connectivity index (χ0n) is 20.8. The molecule has 3 rings (SSSR count). The molecular weight excluding hydrogens is 466 g/mol. The van der Waals surface area contributed by atoms with Gasteiger partial charge in [-0.15, -0.1) is 0 Å². The molecule has 198 valence electrons. The average molecular weight is 504 g/mol. The number of nitrogens with two attached hydrogens (primary N) is 2. The maximum absolute atomic E-state index is 13.9. The molecule has 1 aromatic rings. The SMILES string of the molecule is C[C@@H](O)[C@H](N)C(=O)N1CCC[C@H]1C(=O)N1CCC[C@]1(Cc1ccccc1)C(=O)N[C@H](C(N)=O)[C@@H](C)O. The third-order valence-electron chi connectivity index (χ3n) is 7.22. The molecule has 1 aromatic carbocycles. The standard InChI is InChI=1S/C25H37N5O6/c1-15(31)19(26)23(35)29-12-6-10-18(29)22(34)30-13-7-11-25(30,14-17-8-4-3-5-9-17)24(36)28-20(16(2)32)21(27)33/h3-5,8-9,15-16,18-20,31-32H,6-7,10-14,26H2,1-2H3,(H2,27,33)(H,28,36)/t15-,16-,18+,19+,20+,25+/m1/s1. The van der Waals surface area contributed by atoms with Gasteiger partial charge in [-0.05, 0) is 45.1 Å². The van der Waals surface area contributed by atoms with Crippen molar-refractivity contribution in [2.45, 2.75) is 81.8 Å². The zero-order valence-corrected chi connectivity index (χ0v) is 20.8. The molecule has 2 fully saturated rings. The second-order valence-corrected chi connectivity index (χ2v) is 9.84. The Morgan fingerprint density at radius 2 is 1.75 bits per heavy atom. The van der Waals surface area contributed by atoms with E-state index in [2.05, 4.69) is 5.32 Å². The highest BCUT2D eigenvalue weighted by Gasteiger charge is 2.53. The van der Waals surface area contributed by atoms with Crippen molar-refractivity contribution in [2.24, 2.45) is 11.5 Å². The maximum atomic E-state index is 13.9. The van der Waals surface area contributed by atoms with E-state index in [1.54, 1.807) is 0 Å². The number of nitrogens with zero attached hydrogens (tertiary/aromatic N) is 2. The molecule has 2 saturated heterocycles. The highest BCUT2D eigenvalue weighted by Crippen LogP contribution is 2.36. The van der Waals surface area contributed by atoms with Crippen LogP contribution in [0.1, 0.15) is 45.1 Å². The first-order valence-electron chi connectivity index (χ1n) is 12.4. The minimum absolute atomic E-state index is 0.185. The second-order valence-electron chi connectivity index (χ2n) is 9.84. The van der Waals surface area contributed by atoms with Crippen LogP contribution in [0, 0.1) is 0 Å². The number of hydrogen-bond acceptors (Lipinski definition) is 7. The Balaban J connectivity index is 1.96. The van der Waals surface area contributed by atoms with E-state index < -0.39 is 53.6 Å². The number of likely N-dealkylation sites (tertiary alicyclic amines) is 2. The lowest BCUT2D eigenvalue weighted by Crippen LogP contribution is -2.65. The summed E-state index contributed by atoms with van der Waals surface area (Å²) >= 11 is 0. The Bertz CT molecular complexity index is 971. The largest absolute Gasteiger partial charge is 0.391 e. The van der Waals surface area contributed by atoms with E-state index >= 15 is 0 Å². The van der Waals surface area contributed by atoms with Gasteiger partial charge in [-0.3, -0.25) is 19.2 Å². The summed E-state index contributed by atoms with van der Waals surface area (Å²) in [6.45, 7) is 3.39. The highest BCUT2D eigenvalue weighted by molar-refractivity contribution is 5.98. The molecule has 2 heterocycles. The van der Waals surface area contributed by atoms with Gasteiger partial charge in [0.1, 0.15) is 23.7 Å². The number of amides is 4. The summed E-state index contributed by atoms with van der Waals surface area (Å²) in [5.41, 5.74) is 10.8. The molecule has 4 amide bonds. The van der Waals surface area contributed by atoms with Gasteiger partial charge in [-0.1, -0.05) is 30.3 Å². The number of nitrogens with one attached hydrogen (secondary N) is 1. The van der Waals surface area contributed by atoms with Crippen LogP contribution in [-0.4, -0.2) is 92.6 Å². The Kier molecular flexibility index (Phi) is 8.70. The van der Waals surface area contributed by atoms with Crippen molar-refractivity contribution in [3.8, 4) is 0 Å². The highest BCUT2D eigenvalue weighted by atomic mass is 16.3. The molecule has 0 bridgehead atoms. The van der Waals surface area contributed by atoms with Crippen LogP contribution in [0.3, 0.4) is 0 Å². The van der Waals surface area contributed by atoms with E-state index in [-0.39, 0.29) is 18.9 Å². The lowest BCUT2D eigenvalue weighted by Gasteiger charge is -2.41. The molecule has 2 aliphatic rings.